The molecule has 0 amide bonds. The standard InChI is InChI=1S/C14H18N2O3S/c1-9(2)13-15-12-10(14(17)18)5-4-6-11(12)16(13)7-8-20(3)19/h4-6,9H,7-8H2,1-3H3,(H,17,18). The van der Waals surface area contributed by atoms with Crippen LogP contribution in [-0.4, -0.2) is 36.8 Å². The van der Waals surface area contributed by atoms with E-state index in [9.17, 15) is 14.1 Å². The minimum absolute atomic E-state index is 0.175. The zero-order valence-electron chi connectivity index (χ0n) is 11.8. The van der Waals surface area contributed by atoms with Gasteiger partial charge < -0.3 is 9.67 Å². The first-order valence-electron chi connectivity index (χ1n) is 6.44. The van der Waals surface area contributed by atoms with Gasteiger partial charge in [-0.1, -0.05) is 19.9 Å². The molecule has 1 heterocycles. The second-order valence-electron chi connectivity index (χ2n) is 5.03. The zero-order chi connectivity index (χ0) is 14.9. The van der Waals surface area contributed by atoms with Crippen LogP contribution in [0.5, 0.6) is 0 Å². The summed E-state index contributed by atoms with van der Waals surface area (Å²) in [6.45, 7) is 4.61. The van der Waals surface area contributed by atoms with Crippen molar-refractivity contribution in [3.63, 3.8) is 0 Å². The van der Waals surface area contributed by atoms with Gasteiger partial charge in [-0.2, -0.15) is 0 Å². The smallest absolute Gasteiger partial charge is 0.337 e. The summed E-state index contributed by atoms with van der Waals surface area (Å²) in [5, 5.41) is 9.24. The van der Waals surface area contributed by atoms with Crippen LogP contribution < -0.4 is 0 Å². The number of fused-ring (bicyclic) bond motifs is 1. The van der Waals surface area contributed by atoms with Crippen LogP contribution in [0.4, 0.5) is 0 Å². The van der Waals surface area contributed by atoms with Crippen LogP contribution in [0.3, 0.4) is 0 Å². The second-order valence-corrected chi connectivity index (χ2v) is 6.59. The summed E-state index contributed by atoms with van der Waals surface area (Å²) >= 11 is 0. The van der Waals surface area contributed by atoms with Gasteiger partial charge in [0.05, 0.1) is 11.1 Å². The molecule has 0 fully saturated rings. The summed E-state index contributed by atoms with van der Waals surface area (Å²) in [4.78, 5) is 15.8. The number of carbonyl (C=O) groups is 1. The number of nitrogens with zero attached hydrogens (tertiary/aromatic N) is 2. The third kappa shape index (κ3) is 2.75. The number of rotatable bonds is 5. The van der Waals surface area contributed by atoms with Crippen molar-refractivity contribution in [2.24, 2.45) is 0 Å². The van der Waals surface area contributed by atoms with E-state index in [0.717, 1.165) is 11.3 Å². The summed E-state index contributed by atoms with van der Waals surface area (Å²) in [5.41, 5.74) is 1.51. The monoisotopic (exact) mass is 294 g/mol. The van der Waals surface area contributed by atoms with Gasteiger partial charge >= 0.3 is 5.97 Å². The van der Waals surface area contributed by atoms with Gasteiger partial charge in [-0.15, -0.1) is 0 Å². The van der Waals surface area contributed by atoms with Crippen molar-refractivity contribution in [1.29, 1.82) is 0 Å². The van der Waals surface area contributed by atoms with Crippen LogP contribution in [0.15, 0.2) is 18.2 Å². The third-order valence-electron chi connectivity index (χ3n) is 3.16. The average Bonchev–Trinajstić information content (AvgIpc) is 2.74. The van der Waals surface area contributed by atoms with E-state index in [1.807, 2.05) is 24.5 Å². The molecule has 0 spiro atoms. The highest BCUT2D eigenvalue weighted by Gasteiger charge is 2.18. The summed E-state index contributed by atoms with van der Waals surface area (Å²) in [6.07, 6.45) is 1.66. The predicted molar refractivity (Wildman–Crippen MR) is 79.7 cm³/mol. The SMILES string of the molecule is CC(C)c1nc2c(C(=O)O)cccc2n1CCS(C)=O. The van der Waals surface area contributed by atoms with Gasteiger partial charge in [-0.05, 0) is 12.1 Å². The van der Waals surface area contributed by atoms with Crippen LogP contribution in [-0.2, 0) is 17.3 Å². The fourth-order valence-electron chi connectivity index (χ4n) is 2.23. The van der Waals surface area contributed by atoms with Gasteiger partial charge in [0, 0.05) is 35.3 Å². The van der Waals surface area contributed by atoms with Crippen molar-refractivity contribution < 1.29 is 14.1 Å². The second kappa shape index (κ2) is 5.75. The number of para-hydroxylation sites is 1. The molecule has 1 aromatic carbocycles. The van der Waals surface area contributed by atoms with Crippen LogP contribution in [0.25, 0.3) is 11.0 Å². The van der Waals surface area contributed by atoms with Crippen LogP contribution in [0.1, 0.15) is 35.9 Å². The molecule has 1 N–H and O–H groups in total. The maximum absolute atomic E-state index is 11.3. The molecule has 1 unspecified atom stereocenters. The Morgan fingerprint density at radius 2 is 2.15 bits per heavy atom. The average molecular weight is 294 g/mol. The van der Waals surface area contributed by atoms with E-state index in [0.29, 0.717) is 17.8 Å². The Hall–Kier alpha value is -1.69. The number of aromatic carboxylic acids is 1. The molecule has 2 aromatic rings. The van der Waals surface area contributed by atoms with Crippen LogP contribution >= 0.6 is 0 Å². The summed E-state index contributed by atoms with van der Waals surface area (Å²) in [5.74, 6) is 0.561. The van der Waals surface area contributed by atoms with Crippen molar-refractivity contribution in [3.05, 3.63) is 29.6 Å². The largest absolute Gasteiger partial charge is 0.478 e. The Morgan fingerprint density at radius 3 is 2.70 bits per heavy atom. The van der Waals surface area contributed by atoms with E-state index in [4.69, 9.17) is 0 Å². The van der Waals surface area contributed by atoms with Gasteiger partial charge in [0.2, 0.25) is 0 Å². The Labute approximate surface area is 120 Å². The molecule has 0 saturated carbocycles. The topological polar surface area (TPSA) is 72.2 Å². The number of hydrogen-bond acceptors (Lipinski definition) is 3. The number of carboxylic acids is 1. The third-order valence-corrected chi connectivity index (χ3v) is 3.92. The van der Waals surface area contributed by atoms with E-state index in [1.54, 1.807) is 18.4 Å². The summed E-state index contributed by atoms with van der Waals surface area (Å²) in [7, 11) is -0.894. The van der Waals surface area contributed by atoms with E-state index in [1.165, 1.54) is 0 Å². The predicted octanol–water partition coefficient (Wildman–Crippen LogP) is 2.24. The first-order chi connectivity index (χ1) is 9.41. The van der Waals surface area contributed by atoms with Gasteiger partial charge in [-0.25, -0.2) is 9.78 Å². The normalized spacial score (nSPS) is 13.0. The van der Waals surface area contributed by atoms with Crippen LogP contribution in [0.2, 0.25) is 0 Å². The molecule has 6 heteroatoms. The highest BCUT2D eigenvalue weighted by atomic mass is 32.2. The molecule has 1 atom stereocenters. The molecule has 0 radical (unpaired) electrons. The zero-order valence-corrected chi connectivity index (χ0v) is 12.6. The quantitative estimate of drug-likeness (QED) is 0.918. The van der Waals surface area contributed by atoms with Crippen LogP contribution in [0, 0.1) is 0 Å². The lowest BCUT2D eigenvalue weighted by atomic mass is 10.2. The van der Waals surface area contributed by atoms with Crippen molar-refractivity contribution in [1.82, 2.24) is 9.55 Å². The van der Waals surface area contributed by atoms with Crippen molar-refractivity contribution in [2.75, 3.05) is 12.0 Å². The summed E-state index contributed by atoms with van der Waals surface area (Å²) in [6, 6.07) is 5.14. The van der Waals surface area contributed by atoms with Crippen molar-refractivity contribution in [2.45, 2.75) is 26.3 Å². The summed E-state index contributed by atoms with van der Waals surface area (Å²) < 4.78 is 13.3. The number of aryl methyl sites for hydroxylation is 1. The molecule has 2 rings (SSSR count). The molecule has 0 aliphatic heterocycles. The lowest BCUT2D eigenvalue weighted by molar-refractivity contribution is 0.0699. The van der Waals surface area contributed by atoms with Gasteiger partial charge in [0.25, 0.3) is 0 Å². The van der Waals surface area contributed by atoms with E-state index in [-0.39, 0.29) is 11.5 Å². The fraction of sp³-hybridized carbons (Fsp3) is 0.429. The van der Waals surface area contributed by atoms with E-state index in [2.05, 4.69) is 4.98 Å². The van der Waals surface area contributed by atoms with E-state index < -0.39 is 16.8 Å². The van der Waals surface area contributed by atoms with Gasteiger partial charge in [-0.3, -0.25) is 4.21 Å². The number of benzene rings is 1. The molecule has 108 valence electrons. The molecule has 1 aromatic heterocycles. The number of carboxylic acid groups (broad SMARTS) is 1. The number of hydrogen-bond donors (Lipinski definition) is 1. The lowest BCUT2D eigenvalue weighted by Gasteiger charge is -2.10. The molecule has 20 heavy (non-hydrogen) atoms. The molecule has 0 bridgehead atoms. The highest BCUT2D eigenvalue weighted by molar-refractivity contribution is 7.84. The highest BCUT2D eigenvalue weighted by Crippen LogP contribution is 2.24. The number of aromatic nitrogens is 2. The van der Waals surface area contributed by atoms with Gasteiger partial charge in [0.1, 0.15) is 11.3 Å². The van der Waals surface area contributed by atoms with Gasteiger partial charge in [0.15, 0.2) is 0 Å². The first-order valence-corrected chi connectivity index (χ1v) is 8.17. The fourth-order valence-corrected chi connectivity index (χ4v) is 2.67. The molecule has 0 aliphatic carbocycles. The Morgan fingerprint density at radius 1 is 1.45 bits per heavy atom. The Bertz CT molecular complexity index is 676. The molecular weight excluding hydrogens is 276 g/mol. The first kappa shape index (κ1) is 14.7. The Balaban J connectivity index is 2.63. The maximum Gasteiger partial charge on any atom is 0.337 e. The minimum atomic E-state index is -0.977. The molecule has 0 saturated heterocycles. The minimum Gasteiger partial charge on any atom is -0.478 e. The Kier molecular flexibility index (Phi) is 4.23. The number of imidazole rings is 1. The van der Waals surface area contributed by atoms with E-state index >= 15 is 0 Å². The molecule has 5 nitrogen and oxygen atoms in total. The van der Waals surface area contributed by atoms with Crippen molar-refractivity contribution >= 4 is 27.8 Å². The lowest BCUT2D eigenvalue weighted by Crippen LogP contribution is -2.10. The maximum atomic E-state index is 11.3. The molecule has 0 aliphatic rings. The molecular formula is C14H18N2O3S. The van der Waals surface area contributed by atoms with Crippen molar-refractivity contribution in [3.8, 4) is 0 Å².